The molecule has 0 aliphatic heterocycles. The number of aromatic nitrogens is 2. The van der Waals surface area contributed by atoms with Gasteiger partial charge in [-0.1, -0.05) is 45.0 Å². The second-order valence-corrected chi connectivity index (χ2v) is 6.36. The molecule has 3 nitrogen and oxygen atoms in total. The molecule has 0 radical (unpaired) electrons. The Kier molecular flexibility index (Phi) is 4.19. The highest BCUT2D eigenvalue weighted by Gasteiger charge is 2.13. The van der Waals surface area contributed by atoms with Gasteiger partial charge in [-0.15, -0.1) is 0 Å². The van der Waals surface area contributed by atoms with Crippen molar-refractivity contribution in [2.24, 2.45) is 5.73 Å². The third kappa shape index (κ3) is 3.64. The third-order valence-corrected chi connectivity index (χ3v) is 3.41. The summed E-state index contributed by atoms with van der Waals surface area (Å²) >= 11 is 0. The highest BCUT2D eigenvalue weighted by molar-refractivity contribution is 5.29. The van der Waals surface area contributed by atoms with Crippen molar-refractivity contribution < 1.29 is 0 Å². The smallest absolute Gasteiger partial charge is 0.0795 e. The van der Waals surface area contributed by atoms with Crippen LogP contribution in [0.15, 0.2) is 36.4 Å². The van der Waals surface area contributed by atoms with Crippen LogP contribution < -0.4 is 5.73 Å². The van der Waals surface area contributed by atoms with E-state index in [0.29, 0.717) is 0 Å². The molecule has 2 N–H and O–H groups in total. The minimum absolute atomic E-state index is 0.0670. The van der Waals surface area contributed by atoms with Crippen LogP contribution in [0.2, 0.25) is 0 Å². The van der Waals surface area contributed by atoms with Crippen LogP contribution in [0.25, 0.3) is 0 Å². The Morgan fingerprint density at radius 3 is 2.10 bits per heavy atom. The molecule has 20 heavy (non-hydrogen) atoms. The van der Waals surface area contributed by atoms with Gasteiger partial charge in [0.1, 0.15) is 0 Å². The molecule has 0 amide bonds. The molecule has 1 atom stereocenters. The lowest BCUT2D eigenvalue weighted by Gasteiger charge is -2.19. The highest BCUT2D eigenvalue weighted by Crippen LogP contribution is 2.22. The van der Waals surface area contributed by atoms with Crippen molar-refractivity contribution in [3.63, 3.8) is 0 Å². The molecule has 1 aromatic carbocycles. The normalized spacial score (nSPS) is 13.2. The van der Waals surface area contributed by atoms with Gasteiger partial charge in [0.2, 0.25) is 0 Å². The summed E-state index contributed by atoms with van der Waals surface area (Å²) in [6.07, 6.45) is 0.802. The van der Waals surface area contributed by atoms with Crippen LogP contribution in [0.1, 0.15) is 56.3 Å². The van der Waals surface area contributed by atoms with E-state index in [1.165, 1.54) is 11.1 Å². The molecular formula is C17H23N3. The first-order valence-corrected chi connectivity index (χ1v) is 7.04. The van der Waals surface area contributed by atoms with Crippen LogP contribution in [0.3, 0.4) is 0 Å². The fourth-order valence-electron chi connectivity index (χ4n) is 2.04. The molecule has 0 bridgehead atoms. The largest absolute Gasteiger partial charge is 0.323 e. The van der Waals surface area contributed by atoms with Crippen LogP contribution in [0, 0.1) is 0 Å². The Hall–Kier alpha value is -1.74. The van der Waals surface area contributed by atoms with Crippen LogP contribution in [0.4, 0.5) is 0 Å². The predicted octanol–water partition coefficient (Wildman–Crippen LogP) is 3.38. The lowest BCUT2D eigenvalue weighted by molar-refractivity contribution is 0.590. The molecule has 0 saturated carbocycles. The van der Waals surface area contributed by atoms with Gasteiger partial charge >= 0.3 is 0 Å². The maximum Gasteiger partial charge on any atom is 0.0795 e. The summed E-state index contributed by atoms with van der Waals surface area (Å²) in [5.74, 6) is 0. The second kappa shape index (κ2) is 5.71. The molecule has 0 aliphatic rings. The molecule has 3 heteroatoms. The van der Waals surface area contributed by atoms with Gasteiger partial charge in [-0.2, -0.15) is 10.2 Å². The maximum atomic E-state index is 5.77. The molecule has 1 aromatic heterocycles. The van der Waals surface area contributed by atoms with E-state index in [0.717, 1.165) is 17.8 Å². The average molecular weight is 269 g/mol. The summed E-state index contributed by atoms with van der Waals surface area (Å²) < 4.78 is 0. The Morgan fingerprint density at radius 1 is 1.00 bits per heavy atom. The van der Waals surface area contributed by atoms with Crippen LogP contribution in [0.5, 0.6) is 0 Å². The summed E-state index contributed by atoms with van der Waals surface area (Å²) in [7, 11) is 0. The van der Waals surface area contributed by atoms with Crippen molar-refractivity contribution in [1.82, 2.24) is 10.2 Å². The number of rotatable bonds is 3. The molecular weight excluding hydrogens is 246 g/mol. The van der Waals surface area contributed by atoms with Crippen LogP contribution in [-0.2, 0) is 11.8 Å². The first kappa shape index (κ1) is 14.7. The maximum absolute atomic E-state index is 5.77. The van der Waals surface area contributed by atoms with Crippen molar-refractivity contribution in [2.75, 3.05) is 0 Å². The topological polar surface area (TPSA) is 51.8 Å². The molecule has 0 saturated heterocycles. The van der Waals surface area contributed by atoms with Crippen molar-refractivity contribution in [2.45, 2.75) is 45.6 Å². The number of nitrogens with zero attached hydrogens (tertiary/aromatic N) is 2. The summed E-state index contributed by atoms with van der Waals surface area (Å²) in [5, 5.41) is 8.39. The monoisotopic (exact) mass is 269 g/mol. The standard InChI is InChI=1S/C17H23N3/c1-12(18)16-10-9-15(19-20-16)11-13-5-7-14(8-6-13)17(2,3)4/h5-10,12H,11,18H2,1-4H3. The van der Waals surface area contributed by atoms with Crippen molar-refractivity contribution in [3.8, 4) is 0 Å². The Labute approximate surface area is 121 Å². The van der Waals surface area contributed by atoms with Crippen LogP contribution in [-0.4, -0.2) is 10.2 Å². The number of nitrogens with two attached hydrogens (primary N) is 1. The van der Waals surface area contributed by atoms with Gasteiger partial charge in [0.05, 0.1) is 11.4 Å². The van der Waals surface area contributed by atoms with Gasteiger partial charge in [0, 0.05) is 12.5 Å². The van der Waals surface area contributed by atoms with E-state index in [1.807, 2.05) is 19.1 Å². The zero-order valence-corrected chi connectivity index (χ0v) is 12.7. The van der Waals surface area contributed by atoms with Gasteiger partial charge in [-0.25, -0.2) is 0 Å². The quantitative estimate of drug-likeness (QED) is 0.929. The van der Waals surface area contributed by atoms with E-state index in [9.17, 15) is 0 Å². The molecule has 0 fully saturated rings. The van der Waals surface area contributed by atoms with Crippen LogP contribution >= 0.6 is 0 Å². The summed E-state index contributed by atoms with van der Waals surface area (Å²) in [4.78, 5) is 0. The number of hydrogen-bond donors (Lipinski definition) is 1. The summed E-state index contributed by atoms with van der Waals surface area (Å²) in [6, 6.07) is 12.6. The van der Waals surface area contributed by atoms with Gasteiger partial charge < -0.3 is 5.73 Å². The first-order chi connectivity index (χ1) is 9.36. The van der Waals surface area contributed by atoms with Gasteiger partial charge in [-0.05, 0) is 35.6 Å². The SMILES string of the molecule is CC(N)c1ccc(Cc2ccc(C(C)(C)C)cc2)nn1. The molecule has 1 unspecified atom stereocenters. The predicted molar refractivity (Wildman–Crippen MR) is 82.6 cm³/mol. The third-order valence-electron chi connectivity index (χ3n) is 3.41. The van der Waals surface area contributed by atoms with Gasteiger partial charge in [0.25, 0.3) is 0 Å². The van der Waals surface area contributed by atoms with Crippen molar-refractivity contribution >= 4 is 0 Å². The Bertz CT molecular complexity index is 548. The van der Waals surface area contributed by atoms with Gasteiger partial charge in [0.15, 0.2) is 0 Å². The fraction of sp³-hybridized carbons (Fsp3) is 0.412. The Balaban J connectivity index is 2.10. The fourth-order valence-corrected chi connectivity index (χ4v) is 2.04. The van der Waals surface area contributed by atoms with E-state index in [4.69, 9.17) is 5.73 Å². The molecule has 0 aliphatic carbocycles. The minimum Gasteiger partial charge on any atom is -0.323 e. The van der Waals surface area contributed by atoms with E-state index >= 15 is 0 Å². The Morgan fingerprint density at radius 2 is 1.65 bits per heavy atom. The zero-order chi connectivity index (χ0) is 14.8. The van der Waals surface area contributed by atoms with Crippen molar-refractivity contribution in [1.29, 1.82) is 0 Å². The molecule has 2 aromatic rings. The minimum atomic E-state index is -0.0670. The zero-order valence-electron chi connectivity index (χ0n) is 12.7. The number of benzene rings is 1. The molecule has 0 spiro atoms. The van der Waals surface area contributed by atoms with E-state index in [-0.39, 0.29) is 11.5 Å². The van der Waals surface area contributed by atoms with Crippen molar-refractivity contribution in [3.05, 3.63) is 58.9 Å². The molecule has 106 valence electrons. The van der Waals surface area contributed by atoms with E-state index in [1.54, 1.807) is 0 Å². The summed E-state index contributed by atoms with van der Waals surface area (Å²) in [5.41, 5.74) is 10.4. The summed E-state index contributed by atoms with van der Waals surface area (Å²) in [6.45, 7) is 8.58. The number of hydrogen-bond acceptors (Lipinski definition) is 3. The second-order valence-electron chi connectivity index (χ2n) is 6.36. The molecule has 2 rings (SSSR count). The molecule has 1 heterocycles. The average Bonchev–Trinajstić information content (AvgIpc) is 2.39. The van der Waals surface area contributed by atoms with E-state index < -0.39 is 0 Å². The lowest BCUT2D eigenvalue weighted by atomic mass is 9.86. The van der Waals surface area contributed by atoms with E-state index in [2.05, 4.69) is 55.2 Å². The first-order valence-electron chi connectivity index (χ1n) is 7.04. The van der Waals surface area contributed by atoms with Gasteiger partial charge in [-0.3, -0.25) is 0 Å². The highest BCUT2D eigenvalue weighted by atomic mass is 15.1. The lowest BCUT2D eigenvalue weighted by Crippen LogP contribution is -2.11.